The van der Waals surface area contributed by atoms with Crippen LogP contribution in [-0.4, -0.2) is 68.4 Å². The predicted octanol–water partition coefficient (Wildman–Crippen LogP) is 3.06. The molecule has 4 aromatic rings. The third-order valence-electron chi connectivity index (χ3n) is 7.91. The number of benzene rings is 1. The fourth-order valence-electron chi connectivity index (χ4n) is 6.19. The average Bonchev–Trinajstić information content (AvgIpc) is 3.46. The zero-order chi connectivity index (χ0) is 27.5. The molecule has 2 aliphatic rings. The number of nitrogen functional groups attached to an aromatic ring is 1. The van der Waals surface area contributed by atoms with Gasteiger partial charge in [0.2, 0.25) is 0 Å². The van der Waals surface area contributed by atoms with Gasteiger partial charge in [0, 0.05) is 47.1 Å². The summed E-state index contributed by atoms with van der Waals surface area (Å²) in [5.41, 5.74) is 10.7. The van der Waals surface area contributed by atoms with Gasteiger partial charge < -0.3 is 15.7 Å². The molecule has 2 fully saturated rings. The summed E-state index contributed by atoms with van der Waals surface area (Å²) >= 11 is 0. The molecule has 1 amide bonds. The number of rotatable bonds is 5. The first-order valence-corrected chi connectivity index (χ1v) is 14.9. The van der Waals surface area contributed by atoms with Crippen LogP contribution in [0.25, 0.3) is 28.0 Å². The molecule has 1 aromatic carbocycles. The van der Waals surface area contributed by atoms with E-state index in [0.29, 0.717) is 29.7 Å². The van der Waals surface area contributed by atoms with Gasteiger partial charge in [0.1, 0.15) is 16.8 Å². The van der Waals surface area contributed by atoms with Crippen molar-refractivity contribution >= 4 is 27.2 Å². The number of nitrogens with two attached hydrogens (primary N) is 1. The zero-order valence-electron chi connectivity index (χ0n) is 21.7. The van der Waals surface area contributed by atoms with E-state index in [4.69, 9.17) is 10.7 Å². The summed E-state index contributed by atoms with van der Waals surface area (Å²) in [6.45, 7) is 1.48. The Morgan fingerprint density at radius 3 is 2.33 bits per heavy atom. The molecule has 6 rings (SSSR count). The monoisotopic (exact) mass is 546 g/mol. The Bertz CT molecular complexity index is 1650. The molecular weight excluding hydrogens is 516 g/mol. The number of carbonyl (C=O) groups is 1. The standard InChI is InChI=1S/C28H30N6O4S/c1-16(35)28(36)33-20-9-10-21(33)13-19(12-20)24-25(39(2,37)38)26(29)34-27(32-24)22(15-31-34)18-8-11-23(30-14-18)17-6-4-3-5-7-17/h3-8,11,14-16,19-21,35H,9-10,12-13,29H2,1-2H3/t16-,19-,20+,21-/m1/s1. The maximum absolute atomic E-state index is 13.0. The fraction of sp³-hybridized carbons (Fsp3) is 0.357. The van der Waals surface area contributed by atoms with Gasteiger partial charge in [-0.2, -0.15) is 9.61 Å². The van der Waals surface area contributed by atoms with Gasteiger partial charge in [0.05, 0.1) is 17.6 Å². The Kier molecular flexibility index (Phi) is 6.15. The van der Waals surface area contributed by atoms with Gasteiger partial charge in [-0.05, 0) is 38.7 Å². The molecule has 11 heteroatoms. The Morgan fingerprint density at radius 1 is 1.05 bits per heavy atom. The predicted molar refractivity (Wildman–Crippen MR) is 146 cm³/mol. The number of pyridine rings is 1. The van der Waals surface area contributed by atoms with Gasteiger partial charge in [-0.3, -0.25) is 9.78 Å². The lowest BCUT2D eigenvalue weighted by Crippen LogP contribution is -2.49. The molecule has 0 saturated carbocycles. The second-order valence-electron chi connectivity index (χ2n) is 10.6. The number of aliphatic hydroxyl groups excluding tert-OH is 1. The lowest BCUT2D eigenvalue weighted by atomic mass is 9.87. The second-order valence-corrected chi connectivity index (χ2v) is 12.5. The van der Waals surface area contributed by atoms with Crippen molar-refractivity contribution in [2.75, 3.05) is 12.0 Å². The molecular formula is C28H30N6O4S. The molecule has 5 heterocycles. The smallest absolute Gasteiger partial charge is 0.251 e. The lowest BCUT2D eigenvalue weighted by Gasteiger charge is -2.39. The number of fused-ring (bicyclic) bond motifs is 3. The van der Waals surface area contributed by atoms with Gasteiger partial charge in [-0.1, -0.05) is 36.4 Å². The molecule has 3 N–H and O–H groups in total. The van der Waals surface area contributed by atoms with Gasteiger partial charge in [0.15, 0.2) is 15.5 Å². The van der Waals surface area contributed by atoms with E-state index >= 15 is 0 Å². The summed E-state index contributed by atoms with van der Waals surface area (Å²) in [5, 5.41) is 14.3. The number of aliphatic hydroxyl groups is 1. The van der Waals surface area contributed by atoms with Crippen LogP contribution in [0.3, 0.4) is 0 Å². The van der Waals surface area contributed by atoms with E-state index in [2.05, 4.69) is 10.1 Å². The maximum atomic E-state index is 13.0. The van der Waals surface area contributed by atoms with Crippen molar-refractivity contribution in [2.45, 2.75) is 61.6 Å². The molecule has 2 saturated heterocycles. The second kappa shape index (κ2) is 9.42. The highest BCUT2D eigenvalue weighted by Gasteiger charge is 2.46. The Hall–Kier alpha value is -3.83. The number of nitrogens with zero attached hydrogens (tertiary/aromatic N) is 5. The largest absolute Gasteiger partial charge is 0.384 e. The van der Waals surface area contributed by atoms with Crippen molar-refractivity contribution in [3.05, 3.63) is 60.6 Å². The number of anilines is 1. The molecule has 10 nitrogen and oxygen atoms in total. The first-order chi connectivity index (χ1) is 18.6. The van der Waals surface area contributed by atoms with Crippen LogP contribution in [0, 0.1) is 0 Å². The highest BCUT2D eigenvalue weighted by Crippen LogP contribution is 2.45. The van der Waals surface area contributed by atoms with E-state index in [0.717, 1.165) is 35.9 Å². The van der Waals surface area contributed by atoms with Crippen molar-refractivity contribution in [1.29, 1.82) is 0 Å². The highest BCUT2D eigenvalue weighted by molar-refractivity contribution is 7.91. The molecule has 0 unspecified atom stereocenters. The van der Waals surface area contributed by atoms with Crippen LogP contribution in [0.5, 0.6) is 0 Å². The third kappa shape index (κ3) is 4.35. The summed E-state index contributed by atoms with van der Waals surface area (Å²) in [6, 6.07) is 13.6. The van der Waals surface area contributed by atoms with E-state index in [1.54, 1.807) is 17.3 Å². The zero-order valence-corrected chi connectivity index (χ0v) is 22.5. The van der Waals surface area contributed by atoms with Gasteiger partial charge in [-0.15, -0.1) is 0 Å². The molecule has 3 aromatic heterocycles. The van der Waals surface area contributed by atoms with E-state index in [-0.39, 0.29) is 34.6 Å². The van der Waals surface area contributed by atoms with Gasteiger partial charge in [-0.25, -0.2) is 13.4 Å². The summed E-state index contributed by atoms with van der Waals surface area (Å²) < 4.78 is 27.3. The van der Waals surface area contributed by atoms with Gasteiger partial charge >= 0.3 is 0 Å². The maximum Gasteiger partial charge on any atom is 0.251 e. The van der Waals surface area contributed by atoms with E-state index in [1.807, 2.05) is 42.5 Å². The molecule has 0 aliphatic carbocycles. The number of amides is 1. The summed E-state index contributed by atoms with van der Waals surface area (Å²) in [7, 11) is -3.74. The van der Waals surface area contributed by atoms with Crippen LogP contribution in [0.2, 0.25) is 0 Å². The van der Waals surface area contributed by atoms with Crippen molar-refractivity contribution in [3.63, 3.8) is 0 Å². The van der Waals surface area contributed by atoms with Crippen LogP contribution in [0.15, 0.2) is 59.8 Å². The number of carbonyl (C=O) groups excluding carboxylic acids is 1. The number of aromatic nitrogens is 4. The summed E-state index contributed by atoms with van der Waals surface area (Å²) in [5.74, 6) is -0.469. The lowest BCUT2D eigenvalue weighted by molar-refractivity contribution is -0.144. The van der Waals surface area contributed by atoms with Crippen LogP contribution < -0.4 is 5.73 Å². The summed E-state index contributed by atoms with van der Waals surface area (Å²) in [4.78, 5) is 24.0. The number of hydrogen-bond acceptors (Lipinski definition) is 8. The minimum absolute atomic E-state index is 0.0121. The topological polar surface area (TPSA) is 144 Å². The van der Waals surface area contributed by atoms with Crippen LogP contribution in [-0.2, 0) is 14.6 Å². The van der Waals surface area contributed by atoms with E-state index in [9.17, 15) is 18.3 Å². The first-order valence-electron chi connectivity index (χ1n) is 13.0. The quantitative estimate of drug-likeness (QED) is 0.389. The molecule has 0 radical (unpaired) electrons. The molecule has 2 bridgehead atoms. The van der Waals surface area contributed by atoms with Crippen LogP contribution in [0.4, 0.5) is 5.82 Å². The molecule has 4 atom stereocenters. The van der Waals surface area contributed by atoms with Crippen molar-refractivity contribution in [1.82, 2.24) is 24.5 Å². The first kappa shape index (κ1) is 25.4. The average molecular weight is 547 g/mol. The third-order valence-corrected chi connectivity index (χ3v) is 9.07. The Morgan fingerprint density at radius 2 is 1.74 bits per heavy atom. The Balaban J connectivity index is 1.43. The molecule has 202 valence electrons. The number of piperidine rings is 1. The molecule has 2 aliphatic heterocycles. The van der Waals surface area contributed by atoms with Crippen LogP contribution >= 0.6 is 0 Å². The van der Waals surface area contributed by atoms with Crippen molar-refractivity contribution in [3.8, 4) is 22.4 Å². The van der Waals surface area contributed by atoms with Gasteiger partial charge in [0.25, 0.3) is 5.91 Å². The van der Waals surface area contributed by atoms with Crippen molar-refractivity contribution < 1.29 is 18.3 Å². The molecule has 39 heavy (non-hydrogen) atoms. The fourth-order valence-corrected chi connectivity index (χ4v) is 7.25. The SMILES string of the molecule is C[C@@H](O)C(=O)N1[C@@H]2CC[C@H]1C[C@@H](c1nc3c(-c4ccc(-c5ccccc5)nc4)cnn3c(N)c1S(C)(=O)=O)C2. The highest BCUT2D eigenvalue weighted by atomic mass is 32.2. The Labute approximate surface area is 226 Å². The minimum Gasteiger partial charge on any atom is -0.384 e. The minimum atomic E-state index is -3.74. The summed E-state index contributed by atoms with van der Waals surface area (Å²) in [6.07, 6.45) is 6.16. The van der Waals surface area contributed by atoms with Crippen molar-refractivity contribution in [2.24, 2.45) is 0 Å². The van der Waals surface area contributed by atoms with Crippen LogP contribution in [0.1, 0.15) is 44.2 Å². The molecule has 0 spiro atoms. The normalized spacial score (nSPS) is 21.8. The van der Waals surface area contributed by atoms with E-state index in [1.165, 1.54) is 11.4 Å². The number of hydrogen-bond donors (Lipinski definition) is 2. The van der Waals surface area contributed by atoms with E-state index < -0.39 is 15.9 Å². The number of sulfone groups is 1.